The molecule has 0 saturated carbocycles. The lowest BCUT2D eigenvalue weighted by atomic mass is 10.2. The third-order valence-electron chi connectivity index (χ3n) is 3.31. The SMILES string of the molecule is CC1=CCCC1NC(=O)Nc1ccc(Cl)c([SH](=O)=O)c1O. The summed E-state index contributed by atoms with van der Waals surface area (Å²) < 4.78 is 22.1. The average molecular weight is 331 g/mol. The maximum atomic E-state index is 11.9. The van der Waals surface area contributed by atoms with Gasteiger partial charge in [-0.3, -0.25) is 0 Å². The molecule has 0 aromatic heterocycles. The number of hydrogen-bond donors (Lipinski definition) is 4. The Bertz CT molecular complexity index is 677. The summed E-state index contributed by atoms with van der Waals surface area (Å²) in [6, 6.07) is 2.09. The Morgan fingerprint density at radius 1 is 1.43 bits per heavy atom. The van der Waals surface area contributed by atoms with Crippen LogP contribution in [-0.4, -0.2) is 25.6 Å². The fourth-order valence-corrected chi connectivity index (χ4v) is 3.08. The van der Waals surface area contributed by atoms with Gasteiger partial charge in [0.2, 0.25) is 0 Å². The maximum Gasteiger partial charge on any atom is 0.319 e. The highest BCUT2D eigenvalue weighted by molar-refractivity contribution is 7.72. The molecule has 2 rings (SSSR count). The molecule has 3 N–H and O–H groups in total. The van der Waals surface area contributed by atoms with Crippen LogP contribution in [-0.2, 0) is 10.7 Å². The van der Waals surface area contributed by atoms with Gasteiger partial charge in [-0.25, -0.2) is 13.2 Å². The number of hydrogen-bond acceptors (Lipinski definition) is 4. The minimum atomic E-state index is -3.06. The van der Waals surface area contributed by atoms with Crippen molar-refractivity contribution in [1.29, 1.82) is 0 Å². The number of urea groups is 1. The lowest BCUT2D eigenvalue weighted by molar-refractivity contribution is 0.249. The second-order valence-electron chi connectivity index (χ2n) is 4.73. The summed E-state index contributed by atoms with van der Waals surface area (Å²) in [7, 11) is -3.06. The van der Waals surface area contributed by atoms with Crippen molar-refractivity contribution in [2.45, 2.75) is 30.7 Å². The Labute approximate surface area is 128 Å². The molecule has 0 bridgehead atoms. The number of carbonyl (C=O) groups is 1. The Hall–Kier alpha value is -1.73. The largest absolute Gasteiger partial charge is 0.504 e. The fourth-order valence-electron chi connectivity index (χ4n) is 2.18. The summed E-state index contributed by atoms with van der Waals surface area (Å²) in [6.07, 6.45) is 3.78. The lowest BCUT2D eigenvalue weighted by Crippen LogP contribution is -2.37. The van der Waals surface area contributed by atoms with Gasteiger partial charge in [0.1, 0.15) is 4.90 Å². The van der Waals surface area contributed by atoms with Crippen molar-refractivity contribution < 1.29 is 18.3 Å². The van der Waals surface area contributed by atoms with Crippen LogP contribution in [0.15, 0.2) is 28.7 Å². The van der Waals surface area contributed by atoms with Crippen LogP contribution in [0.1, 0.15) is 19.8 Å². The van der Waals surface area contributed by atoms with E-state index >= 15 is 0 Å². The van der Waals surface area contributed by atoms with Crippen LogP contribution in [0.25, 0.3) is 0 Å². The number of halogens is 1. The highest BCUT2D eigenvalue weighted by Crippen LogP contribution is 2.34. The van der Waals surface area contributed by atoms with Gasteiger partial charge in [-0.1, -0.05) is 23.3 Å². The predicted octanol–water partition coefficient (Wildman–Crippen LogP) is 2.25. The molecule has 0 saturated heterocycles. The van der Waals surface area contributed by atoms with E-state index in [2.05, 4.69) is 10.6 Å². The Balaban J connectivity index is 2.15. The number of carbonyl (C=O) groups excluding carboxylic acids is 1. The minimum Gasteiger partial charge on any atom is -0.504 e. The highest BCUT2D eigenvalue weighted by Gasteiger charge is 2.20. The van der Waals surface area contributed by atoms with Crippen molar-refractivity contribution in [2.75, 3.05) is 5.32 Å². The van der Waals surface area contributed by atoms with Gasteiger partial charge in [0.15, 0.2) is 16.5 Å². The number of benzene rings is 1. The smallest absolute Gasteiger partial charge is 0.319 e. The molecule has 2 amide bonds. The zero-order valence-electron chi connectivity index (χ0n) is 11.2. The molecular weight excluding hydrogens is 316 g/mol. The molecule has 1 unspecified atom stereocenters. The van der Waals surface area contributed by atoms with Gasteiger partial charge in [0, 0.05) is 0 Å². The Kier molecular flexibility index (Phi) is 4.74. The van der Waals surface area contributed by atoms with Crippen molar-refractivity contribution >= 4 is 34.0 Å². The first kappa shape index (κ1) is 15.7. The molecule has 0 radical (unpaired) electrons. The second kappa shape index (κ2) is 6.36. The normalized spacial score (nSPS) is 17.7. The number of anilines is 1. The number of phenolic OH excluding ortho intramolecular Hbond substituents is 1. The van der Waals surface area contributed by atoms with E-state index in [1.54, 1.807) is 0 Å². The molecule has 0 aliphatic heterocycles. The Morgan fingerprint density at radius 2 is 2.14 bits per heavy atom. The van der Waals surface area contributed by atoms with Gasteiger partial charge in [0.05, 0.1) is 16.8 Å². The number of allylic oxidation sites excluding steroid dienone is 1. The van der Waals surface area contributed by atoms with Crippen LogP contribution in [0.3, 0.4) is 0 Å². The molecule has 21 heavy (non-hydrogen) atoms. The summed E-state index contributed by atoms with van der Waals surface area (Å²) in [5.74, 6) is -0.563. The van der Waals surface area contributed by atoms with Crippen LogP contribution in [0, 0.1) is 0 Å². The zero-order chi connectivity index (χ0) is 15.6. The summed E-state index contributed by atoms with van der Waals surface area (Å²) >= 11 is 5.71. The van der Waals surface area contributed by atoms with Gasteiger partial charge in [-0.2, -0.15) is 0 Å². The first-order chi connectivity index (χ1) is 9.90. The van der Waals surface area contributed by atoms with Crippen LogP contribution in [0.4, 0.5) is 10.5 Å². The second-order valence-corrected chi connectivity index (χ2v) is 6.09. The van der Waals surface area contributed by atoms with Gasteiger partial charge in [0.25, 0.3) is 0 Å². The standard InChI is InChI=1S/C13H15ClN2O4S/c1-7-3-2-4-9(7)15-13(18)16-10-6-5-8(14)12(11(10)17)21(19)20/h3,5-6,9,17,21H,2,4H2,1H3,(H2,15,16,18). The Morgan fingerprint density at radius 3 is 2.71 bits per heavy atom. The van der Waals surface area contributed by atoms with Crippen molar-refractivity contribution in [3.05, 3.63) is 28.8 Å². The first-order valence-electron chi connectivity index (χ1n) is 6.30. The van der Waals surface area contributed by atoms with Gasteiger partial charge in [-0.05, 0) is 31.9 Å². The monoisotopic (exact) mass is 330 g/mol. The lowest BCUT2D eigenvalue weighted by Gasteiger charge is -2.16. The quantitative estimate of drug-likeness (QED) is 0.388. The molecule has 1 aliphatic rings. The number of rotatable bonds is 3. The third kappa shape index (κ3) is 3.48. The van der Waals surface area contributed by atoms with E-state index < -0.39 is 27.4 Å². The van der Waals surface area contributed by atoms with Crippen LogP contribution in [0.5, 0.6) is 5.75 Å². The van der Waals surface area contributed by atoms with E-state index in [4.69, 9.17) is 11.6 Å². The molecule has 1 atom stereocenters. The molecule has 0 fully saturated rings. The fraction of sp³-hybridized carbons (Fsp3) is 0.308. The first-order valence-corrected chi connectivity index (χ1v) is 7.85. The van der Waals surface area contributed by atoms with Crippen LogP contribution < -0.4 is 10.6 Å². The molecule has 8 heteroatoms. The molecule has 1 aliphatic carbocycles. The van der Waals surface area contributed by atoms with Crippen LogP contribution in [0.2, 0.25) is 5.02 Å². The van der Waals surface area contributed by atoms with Gasteiger partial charge >= 0.3 is 6.03 Å². The molecule has 114 valence electrons. The molecule has 1 aromatic carbocycles. The number of amides is 2. The topological polar surface area (TPSA) is 95.5 Å². The van der Waals surface area contributed by atoms with Gasteiger partial charge in [-0.15, -0.1) is 0 Å². The number of phenols is 1. The van der Waals surface area contributed by atoms with Crippen molar-refractivity contribution in [3.63, 3.8) is 0 Å². The van der Waals surface area contributed by atoms with Crippen molar-refractivity contribution in [2.24, 2.45) is 0 Å². The average Bonchev–Trinajstić information content (AvgIpc) is 2.78. The number of nitrogens with one attached hydrogen (secondary N) is 2. The molecule has 0 spiro atoms. The van der Waals surface area contributed by atoms with E-state index in [1.165, 1.54) is 12.1 Å². The summed E-state index contributed by atoms with van der Waals surface area (Å²) in [6.45, 7) is 1.93. The third-order valence-corrected chi connectivity index (χ3v) is 4.57. The number of thiol groups is 1. The van der Waals surface area contributed by atoms with E-state index in [1.807, 2.05) is 13.0 Å². The van der Waals surface area contributed by atoms with E-state index in [-0.39, 0.29) is 16.8 Å². The van der Waals surface area contributed by atoms with Crippen LogP contribution >= 0.6 is 11.6 Å². The zero-order valence-corrected chi connectivity index (χ0v) is 12.9. The van der Waals surface area contributed by atoms with Crippen molar-refractivity contribution in [1.82, 2.24) is 5.32 Å². The summed E-state index contributed by atoms with van der Waals surface area (Å²) in [5.41, 5.74) is 1.07. The molecule has 6 nitrogen and oxygen atoms in total. The maximum absolute atomic E-state index is 11.9. The number of aromatic hydroxyl groups is 1. The molecule has 0 heterocycles. The molecular formula is C13H15ClN2O4S. The summed E-state index contributed by atoms with van der Waals surface area (Å²) in [5, 5.41) is 15.0. The predicted molar refractivity (Wildman–Crippen MR) is 80.6 cm³/mol. The van der Waals surface area contributed by atoms with E-state index in [9.17, 15) is 18.3 Å². The van der Waals surface area contributed by atoms with Crippen molar-refractivity contribution in [3.8, 4) is 5.75 Å². The minimum absolute atomic E-state index is 0.00858. The molecule has 1 aromatic rings. The van der Waals surface area contributed by atoms with Gasteiger partial charge < -0.3 is 15.7 Å². The highest BCUT2D eigenvalue weighted by atomic mass is 35.5. The van der Waals surface area contributed by atoms with E-state index in [0.29, 0.717) is 0 Å². The summed E-state index contributed by atoms with van der Waals surface area (Å²) in [4.78, 5) is 11.5. The van der Waals surface area contributed by atoms with E-state index in [0.717, 1.165) is 18.4 Å².